The van der Waals surface area contributed by atoms with Gasteiger partial charge in [-0.1, -0.05) is 25.5 Å². The summed E-state index contributed by atoms with van der Waals surface area (Å²) >= 11 is 0. The number of hydrogen-bond donors (Lipinski definition) is 1. The van der Waals surface area contributed by atoms with Gasteiger partial charge in [0.1, 0.15) is 5.75 Å². The van der Waals surface area contributed by atoms with E-state index in [-0.39, 0.29) is 11.9 Å². The smallest absolute Gasteiger partial charge is 0.222 e. The number of benzene rings is 1. The van der Waals surface area contributed by atoms with Crippen LogP contribution in [0.2, 0.25) is 0 Å². The fourth-order valence-electron chi connectivity index (χ4n) is 1.69. The molecule has 1 aromatic carbocycles. The van der Waals surface area contributed by atoms with Crippen molar-refractivity contribution in [3.8, 4) is 5.75 Å². The van der Waals surface area contributed by atoms with Crippen molar-refractivity contribution in [3.05, 3.63) is 29.8 Å². The van der Waals surface area contributed by atoms with E-state index >= 15 is 0 Å². The summed E-state index contributed by atoms with van der Waals surface area (Å²) in [6, 6.07) is 8.18. The molecule has 0 aromatic heterocycles. The van der Waals surface area contributed by atoms with Crippen molar-refractivity contribution >= 4 is 5.91 Å². The van der Waals surface area contributed by atoms with Crippen LogP contribution in [0, 0.1) is 0 Å². The number of rotatable bonds is 5. The van der Waals surface area contributed by atoms with E-state index < -0.39 is 0 Å². The molecule has 86 valence electrons. The third-order valence-corrected chi connectivity index (χ3v) is 2.77. The lowest BCUT2D eigenvalue weighted by atomic mass is 9.97. The van der Waals surface area contributed by atoms with Gasteiger partial charge in [-0.05, 0) is 24.1 Å². The van der Waals surface area contributed by atoms with E-state index in [0.29, 0.717) is 6.42 Å². The number of amides is 1. The predicted molar refractivity (Wildman–Crippen MR) is 62.3 cm³/mol. The van der Waals surface area contributed by atoms with E-state index in [0.717, 1.165) is 30.8 Å². The van der Waals surface area contributed by atoms with Crippen molar-refractivity contribution in [1.82, 2.24) is 5.32 Å². The first kappa shape index (κ1) is 11.0. The number of hydrogen-bond acceptors (Lipinski definition) is 2. The molecular formula is C13H17NO2. The lowest BCUT2D eigenvalue weighted by Crippen LogP contribution is -2.41. The van der Waals surface area contributed by atoms with Crippen LogP contribution < -0.4 is 10.1 Å². The monoisotopic (exact) mass is 219 g/mol. The molecule has 1 saturated heterocycles. The van der Waals surface area contributed by atoms with Crippen molar-refractivity contribution in [3.63, 3.8) is 0 Å². The van der Waals surface area contributed by atoms with Gasteiger partial charge in [-0.25, -0.2) is 0 Å². The number of ether oxygens (including phenoxy) is 1. The van der Waals surface area contributed by atoms with Gasteiger partial charge in [-0.2, -0.15) is 0 Å². The van der Waals surface area contributed by atoms with Crippen LogP contribution in [0.4, 0.5) is 0 Å². The Kier molecular flexibility index (Phi) is 3.44. The van der Waals surface area contributed by atoms with E-state index in [4.69, 9.17) is 4.74 Å². The van der Waals surface area contributed by atoms with E-state index in [1.807, 2.05) is 24.3 Å². The summed E-state index contributed by atoms with van der Waals surface area (Å²) < 4.78 is 5.57. The van der Waals surface area contributed by atoms with Crippen LogP contribution >= 0.6 is 0 Å². The third-order valence-electron chi connectivity index (χ3n) is 2.77. The van der Waals surface area contributed by atoms with Gasteiger partial charge in [0, 0.05) is 0 Å². The summed E-state index contributed by atoms with van der Waals surface area (Å²) in [5, 5.41) is 2.85. The molecule has 1 heterocycles. The van der Waals surface area contributed by atoms with Crippen molar-refractivity contribution in [1.29, 1.82) is 0 Å². The zero-order valence-corrected chi connectivity index (χ0v) is 9.53. The summed E-state index contributed by atoms with van der Waals surface area (Å²) in [5.41, 5.74) is 1.16. The SMILES string of the molecule is CCCCOc1ccc([C@@H]2CC(=O)N2)cc1. The van der Waals surface area contributed by atoms with Gasteiger partial charge in [0.05, 0.1) is 19.1 Å². The first-order valence-electron chi connectivity index (χ1n) is 5.81. The average Bonchev–Trinajstić information content (AvgIpc) is 2.27. The Bertz CT molecular complexity index is 351. The molecule has 1 fully saturated rings. The Hall–Kier alpha value is -1.51. The van der Waals surface area contributed by atoms with Crippen LogP contribution in [0.5, 0.6) is 5.75 Å². The molecule has 1 aromatic rings. The maximum Gasteiger partial charge on any atom is 0.222 e. The second kappa shape index (κ2) is 5.01. The average molecular weight is 219 g/mol. The highest BCUT2D eigenvalue weighted by atomic mass is 16.5. The van der Waals surface area contributed by atoms with E-state index in [1.165, 1.54) is 0 Å². The number of nitrogens with one attached hydrogen (secondary N) is 1. The van der Waals surface area contributed by atoms with E-state index in [9.17, 15) is 4.79 Å². The highest BCUT2D eigenvalue weighted by Gasteiger charge is 2.26. The Balaban J connectivity index is 1.87. The first-order chi connectivity index (χ1) is 7.79. The quantitative estimate of drug-likeness (QED) is 0.610. The van der Waals surface area contributed by atoms with E-state index in [2.05, 4.69) is 12.2 Å². The topological polar surface area (TPSA) is 38.3 Å². The van der Waals surface area contributed by atoms with Gasteiger partial charge in [0.25, 0.3) is 0 Å². The Labute approximate surface area is 95.8 Å². The molecule has 16 heavy (non-hydrogen) atoms. The predicted octanol–water partition coefficient (Wildman–Crippen LogP) is 2.43. The molecule has 1 aliphatic rings. The van der Waals surface area contributed by atoms with Crippen LogP contribution in [0.1, 0.15) is 37.8 Å². The second-order valence-electron chi connectivity index (χ2n) is 4.10. The molecular weight excluding hydrogens is 202 g/mol. The minimum atomic E-state index is 0.133. The molecule has 1 amide bonds. The fraction of sp³-hybridized carbons (Fsp3) is 0.462. The number of β-lactam (4-membered cyclic amide) rings is 1. The largest absolute Gasteiger partial charge is 0.494 e. The molecule has 1 atom stereocenters. The Morgan fingerprint density at radius 1 is 1.38 bits per heavy atom. The van der Waals surface area contributed by atoms with Gasteiger partial charge >= 0.3 is 0 Å². The molecule has 1 N–H and O–H groups in total. The van der Waals surface area contributed by atoms with Crippen LogP contribution in [-0.2, 0) is 4.79 Å². The van der Waals surface area contributed by atoms with E-state index in [1.54, 1.807) is 0 Å². The molecule has 1 aliphatic heterocycles. The second-order valence-corrected chi connectivity index (χ2v) is 4.10. The van der Waals surface area contributed by atoms with Crippen LogP contribution in [0.3, 0.4) is 0 Å². The Morgan fingerprint density at radius 2 is 2.06 bits per heavy atom. The van der Waals surface area contributed by atoms with Crippen LogP contribution in [-0.4, -0.2) is 12.5 Å². The minimum absolute atomic E-state index is 0.133. The summed E-state index contributed by atoms with van der Waals surface area (Å²) in [6.45, 7) is 2.92. The zero-order valence-electron chi connectivity index (χ0n) is 9.53. The fourth-order valence-corrected chi connectivity index (χ4v) is 1.69. The molecule has 0 bridgehead atoms. The summed E-state index contributed by atoms with van der Waals surface area (Å²) in [5.74, 6) is 1.04. The molecule has 0 saturated carbocycles. The number of unbranched alkanes of at least 4 members (excludes halogenated alkanes) is 1. The molecule has 0 aliphatic carbocycles. The van der Waals surface area contributed by atoms with Gasteiger partial charge in [0.2, 0.25) is 5.91 Å². The lowest BCUT2D eigenvalue weighted by Gasteiger charge is -2.27. The maximum absolute atomic E-state index is 10.8. The van der Waals surface area contributed by atoms with Gasteiger partial charge in [0.15, 0.2) is 0 Å². The maximum atomic E-state index is 10.8. The molecule has 0 radical (unpaired) electrons. The van der Waals surface area contributed by atoms with Gasteiger partial charge < -0.3 is 10.1 Å². The normalized spacial score (nSPS) is 18.8. The zero-order chi connectivity index (χ0) is 11.4. The third kappa shape index (κ3) is 2.54. The molecule has 3 nitrogen and oxygen atoms in total. The van der Waals surface area contributed by atoms with Gasteiger partial charge in [-0.15, -0.1) is 0 Å². The van der Waals surface area contributed by atoms with Crippen molar-refractivity contribution in [2.45, 2.75) is 32.2 Å². The Morgan fingerprint density at radius 3 is 2.62 bits per heavy atom. The van der Waals surface area contributed by atoms with Crippen molar-refractivity contribution < 1.29 is 9.53 Å². The molecule has 0 unspecified atom stereocenters. The molecule has 3 heteroatoms. The molecule has 2 rings (SSSR count). The van der Waals surface area contributed by atoms with Crippen LogP contribution in [0.25, 0.3) is 0 Å². The standard InChI is InChI=1S/C13H17NO2/c1-2-3-8-16-11-6-4-10(5-7-11)12-9-13(15)14-12/h4-7,12H,2-3,8-9H2,1H3,(H,14,15)/t12-/m0/s1. The molecule has 0 spiro atoms. The summed E-state index contributed by atoms with van der Waals surface area (Å²) in [7, 11) is 0. The van der Waals surface area contributed by atoms with Crippen molar-refractivity contribution in [2.75, 3.05) is 6.61 Å². The highest BCUT2D eigenvalue weighted by molar-refractivity contribution is 5.83. The highest BCUT2D eigenvalue weighted by Crippen LogP contribution is 2.25. The summed E-state index contributed by atoms with van der Waals surface area (Å²) in [4.78, 5) is 10.8. The number of carbonyl (C=O) groups excluding carboxylic acids is 1. The number of carbonyl (C=O) groups is 1. The first-order valence-corrected chi connectivity index (χ1v) is 5.81. The minimum Gasteiger partial charge on any atom is -0.494 e. The van der Waals surface area contributed by atoms with Crippen molar-refractivity contribution in [2.24, 2.45) is 0 Å². The van der Waals surface area contributed by atoms with Crippen LogP contribution in [0.15, 0.2) is 24.3 Å². The lowest BCUT2D eigenvalue weighted by molar-refractivity contribution is -0.128. The van der Waals surface area contributed by atoms with Gasteiger partial charge in [-0.3, -0.25) is 4.79 Å². The summed E-state index contributed by atoms with van der Waals surface area (Å²) in [6.07, 6.45) is 2.84.